The SMILES string of the molecule is O=C(O)CCOCCOCCOCCOCCOCCOCCOCCOCCOCCC(=O)NCCSSc1ccccn1. The number of ether oxygens (including phenoxy) is 9. The Morgan fingerprint density at radius 2 is 1.00 bits per heavy atom. The summed E-state index contributed by atoms with van der Waals surface area (Å²) in [5, 5.41) is 12.3. The first kappa shape index (κ1) is 41.5. The summed E-state index contributed by atoms with van der Waals surface area (Å²) in [6, 6.07) is 5.79. The van der Waals surface area contributed by atoms with Gasteiger partial charge in [-0.2, -0.15) is 0 Å². The molecule has 1 heterocycles. The molecule has 0 aromatic carbocycles. The molecule has 260 valence electrons. The molecule has 0 bridgehead atoms. The molecule has 1 aromatic rings. The monoisotopic (exact) mass is 682 g/mol. The number of carboxylic acids is 1. The summed E-state index contributed by atoms with van der Waals surface area (Å²) in [4.78, 5) is 26.4. The van der Waals surface area contributed by atoms with Gasteiger partial charge in [-0.25, -0.2) is 4.98 Å². The largest absolute Gasteiger partial charge is 0.481 e. The van der Waals surface area contributed by atoms with Crippen molar-refractivity contribution >= 4 is 33.5 Å². The fourth-order valence-electron chi connectivity index (χ4n) is 3.00. The number of nitrogens with zero attached hydrogens (tertiary/aromatic N) is 1. The maximum absolute atomic E-state index is 11.8. The Morgan fingerprint density at radius 3 is 1.38 bits per heavy atom. The van der Waals surface area contributed by atoms with Gasteiger partial charge in [0.1, 0.15) is 5.03 Å². The molecule has 0 saturated carbocycles. The third kappa shape index (κ3) is 32.2. The highest BCUT2D eigenvalue weighted by Crippen LogP contribution is 2.28. The number of amides is 1. The van der Waals surface area contributed by atoms with Crippen LogP contribution in [0.5, 0.6) is 0 Å². The maximum atomic E-state index is 11.8. The second-order valence-electron chi connectivity index (χ2n) is 8.83. The quantitative estimate of drug-likeness (QED) is 0.0789. The van der Waals surface area contributed by atoms with Gasteiger partial charge >= 0.3 is 5.97 Å². The zero-order chi connectivity index (χ0) is 32.3. The fourth-order valence-corrected chi connectivity index (χ4v) is 4.79. The average molecular weight is 683 g/mol. The van der Waals surface area contributed by atoms with Crippen molar-refractivity contribution in [2.45, 2.75) is 17.9 Å². The number of carbonyl (C=O) groups excluding carboxylic acids is 1. The van der Waals surface area contributed by atoms with Crippen LogP contribution >= 0.6 is 21.6 Å². The number of hydrogen-bond donors (Lipinski definition) is 2. The third-order valence-corrected chi connectivity index (χ3v) is 7.47. The van der Waals surface area contributed by atoms with Crippen LogP contribution in [-0.4, -0.2) is 153 Å². The number of carboxylic acid groups (broad SMARTS) is 1. The lowest BCUT2D eigenvalue weighted by Gasteiger charge is -2.09. The lowest BCUT2D eigenvalue weighted by molar-refractivity contribution is -0.138. The van der Waals surface area contributed by atoms with E-state index in [1.165, 1.54) is 0 Å². The Kier molecular flexibility index (Phi) is 31.1. The summed E-state index contributed by atoms with van der Waals surface area (Å²) < 4.78 is 48.5. The van der Waals surface area contributed by atoms with Gasteiger partial charge in [0.15, 0.2) is 0 Å². The molecule has 1 aromatic heterocycles. The first-order chi connectivity index (χ1) is 22.2. The van der Waals surface area contributed by atoms with Crippen LogP contribution in [-0.2, 0) is 52.2 Å². The predicted octanol–water partition coefficient (Wildman–Crippen LogP) is 1.95. The van der Waals surface area contributed by atoms with Crippen LogP contribution in [0.2, 0.25) is 0 Å². The van der Waals surface area contributed by atoms with Crippen LogP contribution in [0.1, 0.15) is 12.8 Å². The molecule has 45 heavy (non-hydrogen) atoms. The Labute approximate surface area is 274 Å². The highest BCUT2D eigenvalue weighted by Gasteiger charge is 2.02. The molecular weight excluding hydrogens is 632 g/mol. The minimum atomic E-state index is -0.877. The summed E-state index contributed by atoms with van der Waals surface area (Å²) in [7, 11) is 3.25. The third-order valence-electron chi connectivity index (χ3n) is 5.20. The zero-order valence-electron chi connectivity index (χ0n) is 26.1. The van der Waals surface area contributed by atoms with E-state index in [2.05, 4.69) is 10.3 Å². The smallest absolute Gasteiger partial charge is 0.305 e. The minimum absolute atomic E-state index is 0.00507. The average Bonchev–Trinajstić information content (AvgIpc) is 3.04. The van der Waals surface area contributed by atoms with Gasteiger partial charge in [-0.05, 0) is 22.9 Å². The molecule has 0 spiro atoms. The fraction of sp³-hybridized carbons (Fsp3) is 0.759. The van der Waals surface area contributed by atoms with Gasteiger partial charge in [0, 0.05) is 24.9 Å². The molecule has 1 rings (SSSR count). The van der Waals surface area contributed by atoms with E-state index in [1.54, 1.807) is 27.8 Å². The van der Waals surface area contributed by atoms with E-state index in [-0.39, 0.29) is 18.9 Å². The van der Waals surface area contributed by atoms with E-state index in [0.29, 0.717) is 125 Å². The molecule has 2 N–H and O–H groups in total. The first-order valence-electron chi connectivity index (χ1n) is 15.1. The van der Waals surface area contributed by atoms with E-state index < -0.39 is 5.97 Å². The van der Waals surface area contributed by atoms with E-state index in [9.17, 15) is 9.59 Å². The van der Waals surface area contributed by atoms with Gasteiger partial charge in [-0.15, -0.1) is 0 Å². The molecule has 0 saturated heterocycles. The molecule has 1 amide bonds. The van der Waals surface area contributed by atoms with Crippen molar-refractivity contribution in [2.24, 2.45) is 0 Å². The van der Waals surface area contributed by atoms with Crippen LogP contribution in [0.3, 0.4) is 0 Å². The molecule has 0 radical (unpaired) electrons. The molecule has 0 aliphatic rings. The van der Waals surface area contributed by atoms with Crippen LogP contribution in [0, 0.1) is 0 Å². The van der Waals surface area contributed by atoms with Crippen LogP contribution < -0.4 is 5.32 Å². The lowest BCUT2D eigenvalue weighted by atomic mass is 10.4. The summed E-state index contributed by atoms with van der Waals surface area (Å²) in [5.74, 6) is -0.0965. The second-order valence-corrected chi connectivity index (χ2v) is 11.3. The van der Waals surface area contributed by atoms with Crippen molar-refractivity contribution in [3.8, 4) is 0 Å². The summed E-state index contributed by atoms with van der Waals surface area (Å²) in [5.41, 5.74) is 0. The maximum Gasteiger partial charge on any atom is 0.305 e. The van der Waals surface area contributed by atoms with Crippen molar-refractivity contribution in [1.29, 1.82) is 0 Å². The van der Waals surface area contributed by atoms with E-state index in [0.717, 1.165) is 10.8 Å². The van der Waals surface area contributed by atoms with Crippen LogP contribution in [0.25, 0.3) is 0 Å². The molecule has 0 aliphatic carbocycles. The Hall–Kier alpha value is -1.57. The summed E-state index contributed by atoms with van der Waals surface area (Å²) in [6.45, 7) is 8.44. The second kappa shape index (κ2) is 33.8. The van der Waals surface area contributed by atoms with E-state index in [4.69, 9.17) is 47.7 Å². The van der Waals surface area contributed by atoms with Crippen LogP contribution in [0.15, 0.2) is 29.4 Å². The number of pyridine rings is 1. The zero-order valence-corrected chi connectivity index (χ0v) is 27.7. The minimum Gasteiger partial charge on any atom is -0.481 e. The number of nitrogens with one attached hydrogen (secondary N) is 1. The van der Waals surface area contributed by atoms with Crippen LogP contribution in [0.4, 0.5) is 0 Å². The highest BCUT2D eigenvalue weighted by molar-refractivity contribution is 8.76. The van der Waals surface area contributed by atoms with Gasteiger partial charge in [0.05, 0.1) is 125 Å². The highest BCUT2D eigenvalue weighted by atomic mass is 33.1. The van der Waals surface area contributed by atoms with E-state index >= 15 is 0 Å². The standard InChI is InChI=1S/C29H50N2O12S2/c32-27(30-7-26-44-45-28-3-1-2-6-31-28)4-8-35-10-12-37-14-16-39-18-20-41-22-24-43-25-23-42-21-19-40-17-15-38-13-11-36-9-5-29(33)34/h1-3,6H,4-5,7-26H2,(H,30,32)(H,33,34). The van der Waals surface area contributed by atoms with Gasteiger partial charge in [0.2, 0.25) is 5.91 Å². The van der Waals surface area contributed by atoms with Gasteiger partial charge in [-0.1, -0.05) is 16.9 Å². The summed E-state index contributed by atoms with van der Waals surface area (Å²) >= 11 is 0. The number of hydrogen-bond acceptors (Lipinski definition) is 14. The van der Waals surface area contributed by atoms with Crippen molar-refractivity contribution in [3.05, 3.63) is 24.4 Å². The molecule has 16 heteroatoms. The number of aromatic nitrogens is 1. The molecular formula is C29H50N2O12S2. The van der Waals surface area contributed by atoms with Crippen molar-refractivity contribution in [2.75, 3.05) is 131 Å². The molecule has 0 fully saturated rings. The molecule has 0 atom stereocenters. The Morgan fingerprint density at radius 1 is 0.600 bits per heavy atom. The normalized spacial score (nSPS) is 11.2. The molecule has 0 unspecified atom stereocenters. The molecule has 0 aliphatic heterocycles. The topological polar surface area (TPSA) is 162 Å². The van der Waals surface area contributed by atoms with Crippen molar-refractivity contribution in [1.82, 2.24) is 10.3 Å². The number of rotatable bonds is 35. The predicted molar refractivity (Wildman–Crippen MR) is 170 cm³/mol. The first-order valence-corrected chi connectivity index (χ1v) is 17.4. The Bertz CT molecular complexity index is 802. The van der Waals surface area contributed by atoms with Gasteiger partial charge in [0.25, 0.3) is 0 Å². The van der Waals surface area contributed by atoms with Crippen molar-refractivity contribution in [3.63, 3.8) is 0 Å². The lowest BCUT2D eigenvalue weighted by Crippen LogP contribution is -2.26. The molecule has 14 nitrogen and oxygen atoms in total. The van der Waals surface area contributed by atoms with Gasteiger partial charge in [-0.3, -0.25) is 9.59 Å². The number of aliphatic carboxylic acids is 1. The summed E-state index contributed by atoms with van der Waals surface area (Å²) in [6.07, 6.45) is 2.08. The van der Waals surface area contributed by atoms with Gasteiger partial charge < -0.3 is 53.1 Å². The Balaban J connectivity index is 1.65. The van der Waals surface area contributed by atoms with E-state index in [1.807, 2.05) is 18.2 Å². The van der Waals surface area contributed by atoms with Crippen molar-refractivity contribution < 1.29 is 57.3 Å². The number of carbonyl (C=O) groups is 2.